The molecule has 13 heavy (non-hydrogen) atoms. The van der Waals surface area contributed by atoms with Crippen molar-refractivity contribution in [2.75, 3.05) is 6.61 Å². The average Bonchev–Trinajstić information content (AvgIpc) is 2.03. The molecule has 1 heteroatoms. The van der Waals surface area contributed by atoms with Crippen molar-refractivity contribution in [2.45, 2.75) is 27.4 Å². The van der Waals surface area contributed by atoms with Crippen LogP contribution in [0.2, 0.25) is 0 Å². The normalized spacial score (nSPS) is 10.8. The summed E-state index contributed by atoms with van der Waals surface area (Å²) >= 11 is 0. The lowest BCUT2D eigenvalue weighted by Crippen LogP contribution is -2.01. The molecule has 1 nitrogen and oxygen atoms in total. The van der Waals surface area contributed by atoms with Gasteiger partial charge in [-0.1, -0.05) is 43.7 Å². The minimum absolute atomic E-state index is 0.616. The molecule has 0 spiro atoms. The lowest BCUT2D eigenvalue weighted by Gasteiger charge is -2.06. The van der Waals surface area contributed by atoms with E-state index >= 15 is 0 Å². The van der Waals surface area contributed by atoms with Gasteiger partial charge in [-0.25, -0.2) is 0 Å². The first-order chi connectivity index (χ1) is 6.18. The molecule has 0 aliphatic heterocycles. The molecule has 0 saturated heterocycles. The Morgan fingerprint density at radius 2 is 2.08 bits per heavy atom. The van der Waals surface area contributed by atoms with Gasteiger partial charge < -0.3 is 4.74 Å². The number of ether oxygens (including phenoxy) is 1. The van der Waals surface area contributed by atoms with Gasteiger partial charge in [0, 0.05) is 6.61 Å². The predicted octanol–water partition coefficient (Wildman–Crippen LogP) is 3.17. The molecular weight excluding hydrogens is 160 g/mol. The van der Waals surface area contributed by atoms with Crippen LogP contribution in [-0.2, 0) is 11.3 Å². The molecule has 1 aromatic carbocycles. The largest absolute Gasteiger partial charge is 0.377 e. The van der Waals surface area contributed by atoms with Gasteiger partial charge in [0.25, 0.3) is 0 Å². The minimum atomic E-state index is 0.616. The second kappa shape index (κ2) is 5.03. The van der Waals surface area contributed by atoms with Crippen molar-refractivity contribution >= 4 is 0 Å². The SMILES string of the molecule is Cc1cccc(COCC(C)C)c1. The lowest BCUT2D eigenvalue weighted by molar-refractivity contribution is 0.0970. The van der Waals surface area contributed by atoms with E-state index in [-0.39, 0.29) is 0 Å². The Hall–Kier alpha value is -0.820. The van der Waals surface area contributed by atoms with Crippen LogP contribution in [0.1, 0.15) is 25.0 Å². The third kappa shape index (κ3) is 4.09. The molecule has 0 fully saturated rings. The summed E-state index contributed by atoms with van der Waals surface area (Å²) in [6.45, 7) is 8.01. The summed E-state index contributed by atoms with van der Waals surface area (Å²) in [5.74, 6) is 0.616. The van der Waals surface area contributed by atoms with Gasteiger partial charge >= 0.3 is 0 Å². The number of aryl methyl sites for hydroxylation is 1. The van der Waals surface area contributed by atoms with Crippen molar-refractivity contribution in [1.82, 2.24) is 0 Å². The monoisotopic (exact) mass is 178 g/mol. The Morgan fingerprint density at radius 3 is 2.69 bits per heavy atom. The summed E-state index contributed by atoms with van der Waals surface area (Å²) in [6, 6.07) is 8.45. The van der Waals surface area contributed by atoms with Crippen LogP contribution in [0, 0.1) is 12.8 Å². The van der Waals surface area contributed by atoms with E-state index < -0.39 is 0 Å². The number of hydrogen-bond donors (Lipinski definition) is 0. The lowest BCUT2D eigenvalue weighted by atomic mass is 10.1. The van der Waals surface area contributed by atoms with Crippen LogP contribution in [-0.4, -0.2) is 6.61 Å². The maximum absolute atomic E-state index is 5.54. The molecule has 0 heterocycles. The van der Waals surface area contributed by atoms with E-state index in [1.807, 2.05) is 0 Å². The smallest absolute Gasteiger partial charge is 0.0717 e. The summed E-state index contributed by atoms with van der Waals surface area (Å²) in [7, 11) is 0. The fourth-order valence-corrected chi connectivity index (χ4v) is 1.21. The zero-order valence-corrected chi connectivity index (χ0v) is 8.71. The molecule has 0 amide bonds. The number of rotatable bonds is 4. The van der Waals surface area contributed by atoms with Gasteiger partial charge in [0.1, 0.15) is 0 Å². The van der Waals surface area contributed by atoms with Gasteiger partial charge in [0.15, 0.2) is 0 Å². The van der Waals surface area contributed by atoms with E-state index in [0.29, 0.717) is 5.92 Å². The van der Waals surface area contributed by atoms with Crippen molar-refractivity contribution < 1.29 is 4.74 Å². The Bertz CT molecular complexity index is 253. The maximum Gasteiger partial charge on any atom is 0.0717 e. The van der Waals surface area contributed by atoms with Crippen molar-refractivity contribution in [3.8, 4) is 0 Å². The highest BCUT2D eigenvalue weighted by atomic mass is 16.5. The third-order valence-corrected chi connectivity index (χ3v) is 1.80. The molecule has 0 aliphatic carbocycles. The Labute approximate surface area is 80.7 Å². The van der Waals surface area contributed by atoms with Crippen molar-refractivity contribution in [3.63, 3.8) is 0 Å². The molecule has 0 atom stereocenters. The average molecular weight is 178 g/mol. The van der Waals surface area contributed by atoms with Crippen molar-refractivity contribution in [3.05, 3.63) is 35.4 Å². The van der Waals surface area contributed by atoms with Gasteiger partial charge in [0.05, 0.1) is 6.61 Å². The summed E-state index contributed by atoms with van der Waals surface area (Å²) in [5, 5.41) is 0. The van der Waals surface area contributed by atoms with Crippen LogP contribution in [0.4, 0.5) is 0 Å². The molecule has 1 aromatic rings. The fraction of sp³-hybridized carbons (Fsp3) is 0.500. The Balaban J connectivity index is 2.37. The molecule has 1 rings (SSSR count). The number of benzene rings is 1. The summed E-state index contributed by atoms with van der Waals surface area (Å²) < 4.78 is 5.54. The molecule has 0 radical (unpaired) electrons. The van der Waals surface area contributed by atoms with Crippen LogP contribution in [0.15, 0.2) is 24.3 Å². The van der Waals surface area contributed by atoms with Gasteiger partial charge in [-0.15, -0.1) is 0 Å². The predicted molar refractivity (Wildman–Crippen MR) is 55.7 cm³/mol. The summed E-state index contributed by atoms with van der Waals surface area (Å²) in [4.78, 5) is 0. The molecule has 0 N–H and O–H groups in total. The second-order valence-corrected chi connectivity index (χ2v) is 3.90. The maximum atomic E-state index is 5.54. The molecule has 0 unspecified atom stereocenters. The highest BCUT2D eigenvalue weighted by molar-refractivity contribution is 5.21. The fourth-order valence-electron chi connectivity index (χ4n) is 1.21. The van der Waals surface area contributed by atoms with Crippen LogP contribution in [0.25, 0.3) is 0 Å². The minimum Gasteiger partial charge on any atom is -0.377 e. The van der Waals surface area contributed by atoms with Crippen LogP contribution in [0.5, 0.6) is 0 Å². The summed E-state index contributed by atoms with van der Waals surface area (Å²) in [6.07, 6.45) is 0. The molecule has 0 aliphatic rings. The van der Waals surface area contributed by atoms with E-state index in [1.165, 1.54) is 11.1 Å². The van der Waals surface area contributed by atoms with E-state index in [1.54, 1.807) is 0 Å². The topological polar surface area (TPSA) is 9.23 Å². The van der Waals surface area contributed by atoms with Crippen molar-refractivity contribution in [1.29, 1.82) is 0 Å². The van der Waals surface area contributed by atoms with Gasteiger partial charge in [-0.2, -0.15) is 0 Å². The van der Waals surface area contributed by atoms with Crippen LogP contribution in [0.3, 0.4) is 0 Å². The van der Waals surface area contributed by atoms with E-state index in [2.05, 4.69) is 45.0 Å². The van der Waals surface area contributed by atoms with Gasteiger partial charge in [0.2, 0.25) is 0 Å². The van der Waals surface area contributed by atoms with Crippen molar-refractivity contribution in [2.24, 2.45) is 5.92 Å². The van der Waals surface area contributed by atoms with E-state index in [9.17, 15) is 0 Å². The first-order valence-corrected chi connectivity index (χ1v) is 4.82. The highest BCUT2D eigenvalue weighted by Gasteiger charge is 1.95. The van der Waals surface area contributed by atoms with Crippen LogP contribution < -0.4 is 0 Å². The van der Waals surface area contributed by atoms with E-state index in [0.717, 1.165) is 13.2 Å². The molecule has 0 bridgehead atoms. The first-order valence-electron chi connectivity index (χ1n) is 4.82. The number of hydrogen-bond acceptors (Lipinski definition) is 1. The highest BCUT2D eigenvalue weighted by Crippen LogP contribution is 2.06. The van der Waals surface area contributed by atoms with Gasteiger partial charge in [-0.3, -0.25) is 0 Å². The standard InChI is InChI=1S/C12H18O/c1-10(2)8-13-9-12-6-4-5-11(3)7-12/h4-7,10H,8-9H2,1-3H3. The summed E-state index contributed by atoms with van der Waals surface area (Å²) in [5.41, 5.74) is 2.56. The van der Waals surface area contributed by atoms with E-state index in [4.69, 9.17) is 4.74 Å². The van der Waals surface area contributed by atoms with Gasteiger partial charge in [-0.05, 0) is 18.4 Å². The molecule has 0 saturated carbocycles. The first kappa shape index (κ1) is 10.3. The quantitative estimate of drug-likeness (QED) is 0.688. The molecule has 0 aromatic heterocycles. The second-order valence-electron chi connectivity index (χ2n) is 3.90. The Kier molecular flexibility index (Phi) is 3.97. The zero-order chi connectivity index (χ0) is 9.68. The zero-order valence-electron chi connectivity index (χ0n) is 8.71. The molecular formula is C12H18O. The van der Waals surface area contributed by atoms with Crippen LogP contribution >= 0.6 is 0 Å². The molecule has 72 valence electrons. The Morgan fingerprint density at radius 1 is 1.31 bits per heavy atom. The third-order valence-electron chi connectivity index (χ3n) is 1.80.